The summed E-state index contributed by atoms with van der Waals surface area (Å²) in [6, 6.07) is 7.79. The molecule has 0 spiro atoms. The monoisotopic (exact) mass is 640 g/mol. The van der Waals surface area contributed by atoms with Gasteiger partial charge in [0.05, 0.1) is 18.1 Å². The van der Waals surface area contributed by atoms with E-state index in [0.717, 1.165) is 50.9 Å². The average Bonchev–Trinajstić information content (AvgIpc) is 3.04. The van der Waals surface area contributed by atoms with Gasteiger partial charge in [-0.1, -0.05) is 90.1 Å². The van der Waals surface area contributed by atoms with E-state index >= 15 is 0 Å². The molecule has 0 radical (unpaired) electrons. The predicted octanol–water partition coefficient (Wildman–Crippen LogP) is 3.77. The minimum absolute atomic E-state index is 0.00964. The number of rotatable bonds is 20. The quantitative estimate of drug-likeness (QED) is 0.161. The Labute approximate surface area is 277 Å². The third-order valence-corrected chi connectivity index (χ3v) is 9.30. The van der Waals surface area contributed by atoms with Crippen LogP contribution in [0.1, 0.15) is 91.0 Å². The van der Waals surface area contributed by atoms with Crippen molar-refractivity contribution in [2.24, 2.45) is 17.8 Å². The highest BCUT2D eigenvalue weighted by Crippen LogP contribution is 2.29. The molecule has 1 aromatic carbocycles. The van der Waals surface area contributed by atoms with Gasteiger partial charge in [-0.3, -0.25) is 14.4 Å². The van der Waals surface area contributed by atoms with Gasteiger partial charge >= 0.3 is 0 Å². The molecule has 2 rings (SSSR count). The van der Waals surface area contributed by atoms with E-state index in [-0.39, 0.29) is 24.7 Å². The van der Waals surface area contributed by atoms with Crippen molar-refractivity contribution in [3.8, 4) is 12.3 Å². The van der Waals surface area contributed by atoms with Crippen molar-refractivity contribution in [3.05, 3.63) is 35.9 Å². The Hall–Kier alpha value is -2.93. The molecule has 0 aromatic heterocycles. The maximum atomic E-state index is 13.8. The fourth-order valence-corrected chi connectivity index (χ4v) is 6.34. The van der Waals surface area contributed by atoms with Crippen LogP contribution >= 0.6 is 0 Å². The minimum Gasteiger partial charge on any atom is -0.390 e. The largest absolute Gasteiger partial charge is 0.390 e. The number of likely N-dealkylation sites (N-methyl/N-ethyl adjacent to an activating group) is 2. The van der Waals surface area contributed by atoms with Gasteiger partial charge < -0.3 is 30.6 Å². The van der Waals surface area contributed by atoms with Gasteiger partial charge in [-0.15, -0.1) is 12.3 Å². The molecular formula is C37H60N4O5. The lowest BCUT2D eigenvalue weighted by molar-refractivity contribution is -0.137. The number of hydrogen-bond acceptors (Lipinski definition) is 6. The van der Waals surface area contributed by atoms with E-state index < -0.39 is 42.0 Å². The Morgan fingerprint density at radius 2 is 1.63 bits per heavy atom. The number of benzene rings is 1. The summed E-state index contributed by atoms with van der Waals surface area (Å²) < 4.78 is 0. The van der Waals surface area contributed by atoms with Gasteiger partial charge in [0.25, 0.3) is 0 Å². The molecule has 0 bridgehead atoms. The molecule has 1 aliphatic carbocycles. The number of aliphatic hydroxyl groups is 2. The van der Waals surface area contributed by atoms with Gasteiger partial charge in [0, 0.05) is 33.0 Å². The SMILES string of the molecule is C#CC[C@H](NC(=O)[C@@H](CC(=O)N(C)CCN(CC)CC)Cc1ccccc1)C(=O)N[C@@H](CC1CCCCC1)[C@@H](O)[C@@H](O)CC(C)C. The molecule has 4 N–H and O–H groups in total. The molecule has 5 atom stereocenters. The number of carbonyl (C=O) groups excluding carboxylic acids is 3. The minimum atomic E-state index is -1.15. The zero-order valence-electron chi connectivity index (χ0n) is 28.9. The standard InChI is InChI=1S/C37H60N4O5/c1-7-16-31(37(46)39-32(25-29-19-14-11-15-20-29)35(44)33(42)23-27(4)5)38-36(45)30(24-28-17-12-10-13-18-28)26-34(43)40(6)21-22-41(8-2)9-3/h1,10,12-13,17-18,27,29-33,35,42,44H,8-9,11,14-16,19-26H2,2-6H3,(H,38,45)(H,39,46)/t30-,31+,32+,33+,35-/m1/s1. The summed E-state index contributed by atoms with van der Waals surface area (Å²) >= 11 is 0. The van der Waals surface area contributed by atoms with Gasteiger partial charge in [-0.05, 0) is 49.8 Å². The third-order valence-electron chi connectivity index (χ3n) is 9.30. The molecule has 9 heteroatoms. The molecule has 1 aromatic rings. The van der Waals surface area contributed by atoms with Crippen molar-refractivity contribution in [1.29, 1.82) is 0 Å². The summed E-state index contributed by atoms with van der Waals surface area (Å²) in [5.74, 6) is 1.24. The number of carbonyl (C=O) groups is 3. The van der Waals surface area contributed by atoms with E-state index in [4.69, 9.17) is 6.42 Å². The van der Waals surface area contributed by atoms with Crippen LogP contribution in [-0.2, 0) is 20.8 Å². The van der Waals surface area contributed by atoms with Crippen molar-refractivity contribution in [2.75, 3.05) is 33.2 Å². The lowest BCUT2D eigenvalue weighted by Gasteiger charge is -2.33. The lowest BCUT2D eigenvalue weighted by Crippen LogP contribution is -2.56. The fourth-order valence-electron chi connectivity index (χ4n) is 6.34. The molecule has 9 nitrogen and oxygen atoms in total. The normalized spacial score (nSPS) is 17.0. The van der Waals surface area contributed by atoms with Gasteiger partial charge in [-0.2, -0.15) is 0 Å². The number of amides is 3. The molecule has 0 unspecified atom stereocenters. The maximum absolute atomic E-state index is 13.8. The molecule has 0 aliphatic heterocycles. The van der Waals surface area contributed by atoms with Gasteiger partial charge in [0.2, 0.25) is 17.7 Å². The Kier molecular flexibility index (Phi) is 18.0. The van der Waals surface area contributed by atoms with Gasteiger partial charge in [0.15, 0.2) is 0 Å². The van der Waals surface area contributed by atoms with E-state index in [1.807, 2.05) is 44.2 Å². The summed E-state index contributed by atoms with van der Waals surface area (Å²) in [4.78, 5) is 44.7. The van der Waals surface area contributed by atoms with Gasteiger partial charge in [0.1, 0.15) is 12.1 Å². The molecule has 0 heterocycles. The molecule has 1 saturated carbocycles. The van der Waals surface area contributed by atoms with Gasteiger partial charge in [-0.25, -0.2) is 0 Å². The van der Waals surface area contributed by atoms with E-state index in [1.165, 1.54) is 6.42 Å². The second-order valence-electron chi connectivity index (χ2n) is 13.4. The first kappa shape index (κ1) is 39.2. The third kappa shape index (κ3) is 13.8. The topological polar surface area (TPSA) is 122 Å². The van der Waals surface area contributed by atoms with Crippen molar-refractivity contribution in [2.45, 2.75) is 116 Å². The number of hydrogen-bond donors (Lipinski definition) is 4. The van der Waals surface area contributed by atoms with Crippen LogP contribution in [-0.4, -0.2) is 95.3 Å². The summed E-state index contributed by atoms with van der Waals surface area (Å²) in [7, 11) is 1.75. The summed E-state index contributed by atoms with van der Waals surface area (Å²) in [5, 5.41) is 27.8. The van der Waals surface area contributed by atoms with Crippen LogP contribution in [0.4, 0.5) is 0 Å². The Balaban J connectivity index is 2.21. The number of aliphatic hydroxyl groups excluding tert-OH is 2. The Bertz CT molecular complexity index is 1080. The van der Waals surface area contributed by atoms with Crippen LogP contribution in [0.25, 0.3) is 0 Å². The molecule has 3 amide bonds. The van der Waals surface area contributed by atoms with E-state index in [2.05, 4.69) is 35.3 Å². The van der Waals surface area contributed by atoms with Crippen LogP contribution in [0, 0.1) is 30.1 Å². The van der Waals surface area contributed by atoms with Crippen LogP contribution < -0.4 is 10.6 Å². The number of nitrogens with zero attached hydrogens (tertiary/aromatic N) is 2. The molecule has 1 aliphatic rings. The fraction of sp³-hybridized carbons (Fsp3) is 0.703. The second-order valence-corrected chi connectivity index (χ2v) is 13.4. The van der Waals surface area contributed by atoms with Crippen molar-refractivity contribution in [3.63, 3.8) is 0 Å². The highest BCUT2D eigenvalue weighted by atomic mass is 16.3. The molecular weight excluding hydrogens is 580 g/mol. The number of nitrogens with one attached hydrogen (secondary N) is 2. The van der Waals surface area contributed by atoms with Crippen LogP contribution in [0.5, 0.6) is 0 Å². The zero-order valence-corrected chi connectivity index (χ0v) is 28.9. The van der Waals surface area contributed by atoms with Crippen molar-refractivity contribution < 1.29 is 24.6 Å². The Morgan fingerprint density at radius 1 is 0.978 bits per heavy atom. The second kappa shape index (κ2) is 21.0. The van der Waals surface area contributed by atoms with Crippen LogP contribution in [0.3, 0.4) is 0 Å². The molecule has 1 fully saturated rings. The van der Waals surface area contributed by atoms with Crippen LogP contribution in [0.15, 0.2) is 30.3 Å². The van der Waals surface area contributed by atoms with E-state index in [9.17, 15) is 24.6 Å². The maximum Gasteiger partial charge on any atom is 0.243 e. The van der Waals surface area contributed by atoms with Crippen LogP contribution in [0.2, 0.25) is 0 Å². The van der Waals surface area contributed by atoms with Crippen molar-refractivity contribution >= 4 is 17.7 Å². The smallest absolute Gasteiger partial charge is 0.243 e. The predicted molar refractivity (Wildman–Crippen MR) is 184 cm³/mol. The summed E-state index contributed by atoms with van der Waals surface area (Å²) in [5.41, 5.74) is 0.911. The van der Waals surface area contributed by atoms with Crippen molar-refractivity contribution in [1.82, 2.24) is 20.4 Å². The molecule has 46 heavy (non-hydrogen) atoms. The first-order valence-electron chi connectivity index (χ1n) is 17.4. The highest BCUT2D eigenvalue weighted by molar-refractivity contribution is 5.91. The lowest BCUT2D eigenvalue weighted by atomic mass is 9.82. The summed E-state index contributed by atoms with van der Waals surface area (Å²) in [6.45, 7) is 11.2. The highest BCUT2D eigenvalue weighted by Gasteiger charge is 2.34. The molecule has 258 valence electrons. The first-order chi connectivity index (χ1) is 22.0. The Morgan fingerprint density at radius 3 is 2.22 bits per heavy atom. The molecule has 0 saturated heterocycles. The summed E-state index contributed by atoms with van der Waals surface area (Å²) in [6.07, 6.45) is 10.2. The van der Waals surface area contributed by atoms with E-state index in [0.29, 0.717) is 31.7 Å². The average molecular weight is 641 g/mol. The van der Waals surface area contributed by atoms with E-state index in [1.54, 1.807) is 11.9 Å². The number of terminal acetylenes is 1. The zero-order chi connectivity index (χ0) is 34.1. The first-order valence-corrected chi connectivity index (χ1v) is 17.4.